The van der Waals surface area contributed by atoms with Crippen LogP contribution in [0.4, 0.5) is 10.6 Å². The number of hydrogen-bond donors (Lipinski definition) is 0. The molecule has 162 valence electrons. The number of piperazine rings is 1. The third-order valence-electron chi connectivity index (χ3n) is 5.41. The Hall–Kier alpha value is -2.56. The highest BCUT2D eigenvalue weighted by molar-refractivity contribution is 8.03. The Morgan fingerprint density at radius 3 is 2.77 bits per heavy atom. The molecule has 0 spiro atoms. The summed E-state index contributed by atoms with van der Waals surface area (Å²) < 4.78 is 11.5. The van der Waals surface area contributed by atoms with Gasteiger partial charge in [0.2, 0.25) is 6.23 Å². The number of carbonyl (C=O) groups excluding carboxylic acids is 2. The Morgan fingerprint density at radius 2 is 1.97 bits per heavy atom. The van der Waals surface area contributed by atoms with Crippen LogP contribution in [0.15, 0.2) is 34.9 Å². The topological polar surface area (TPSA) is 88.1 Å². The van der Waals surface area contributed by atoms with Gasteiger partial charge >= 0.3 is 6.09 Å². The van der Waals surface area contributed by atoms with Gasteiger partial charge in [-0.3, -0.25) is 4.79 Å². The summed E-state index contributed by atoms with van der Waals surface area (Å²) in [7, 11) is 2.01. The van der Waals surface area contributed by atoms with Gasteiger partial charge < -0.3 is 19.3 Å². The zero-order valence-electron chi connectivity index (χ0n) is 16.8. The summed E-state index contributed by atoms with van der Waals surface area (Å²) in [5.74, 6) is 0.827. The maximum absolute atomic E-state index is 13.2. The summed E-state index contributed by atoms with van der Waals surface area (Å²) in [6, 6.07) is 6.99. The van der Waals surface area contributed by atoms with Crippen molar-refractivity contribution in [1.82, 2.24) is 19.8 Å². The van der Waals surface area contributed by atoms with Crippen molar-refractivity contribution in [1.29, 1.82) is 0 Å². The lowest BCUT2D eigenvalue weighted by Gasteiger charge is -2.33. The van der Waals surface area contributed by atoms with E-state index >= 15 is 0 Å². The van der Waals surface area contributed by atoms with Crippen molar-refractivity contribution in [2.45, 2.75) is 6.23 Å². The van der Waals surface area contributed by atoms with E-state index in [0.29, 0.717) is 47.0 Å². The van der Waals surface area contributed by atoms with Gasteiger partial charge in [0.05, 0.1) is 11.5 Å². The smallest absolute Gasteiger partial charge is 0.412 e. The number of carbonyl (C=O) groups is 2. The second kappa shape index (κ2) is 8.18. The number of aromatic nitrogens is 2. The summed E-state index contributed by atoms with van der Waals surface area (Å²) in [5, 5.41) is 1.09. The average Bonchev–Trinajstić information content (AvgIpc) is 3.05. The van der Waals surface area contributed by atoms with Crippen LogP contribution in [0.5, 0.6) is 0 Å². The Kier molecular flexibility index (Phi) is 5.37. The van der Waals surface area contributed by atoms with Crippen molar-refractivity contribution >= 4 is 52.2 Å². The third kappa shape index (κ3) is 3.79. The molecular formula is C20H20ClN5O4S. The molecule has 9 nitrogen and oxygen atoms in total. The Morgan fingerprint density at radius 1 is 1.19 bits per heavy atom. The predicted molar refractivity (Wildman–Crippen MR) is 117 cm³/mol. The molecule has 0 aromatic carbocycles. The molecule has 5 rings (SSSR count). The van der Waals surface area contributed by atoms with E-state index in [0.717, 1.165) is 18.5 Å². The SMILES string of the molecule is CN1CCN(C(=O)OC2C3=C(OCCS3)C(=O)N2c2ccc3ccc(Cl)nc3n2)CC1. The molecule has 1 fully saturated rings. The standard InChI is InChI=1S/C20H20ClN5O4S/c1-24-6-8-25(9-7-24)20(28)30-19-16-15(29-10-11-31-16)18(27)26(19)14-5-3-12-2-4-13(21)22-17(12)23-14/h2-5,19H,6-11H2,1H3. The summed E-state index contributed by atoms with van der Waals surface area (Å²) in [4.78, 5) is 40.6. The molecule has 2 aromatic rings. The lowest BCUT2D eigenvalue weighted by molar-refractivity contribution is -0.118. The fraction of sp³-hybridized carbons (Fsp3) is 0.400. The van der Waals surface area contributed by atoms with Crippen molar-refractivity contribution < 1.29 is 19.1 Å². The summed E-state index contributed by atoms with van der Waals surface area (Å²) in [6.45, 7) is 3.11. The summed E-state index contributed by atoms with van der Waals surface area (Å²) in [5.41, 5.74) is 0.403. The zero-order valence-corrected chi connectivity index (χ0v) is 18.4. The van der Waals surface area contributed by atoms with Crippen molar-refractivity contribution in [2.24, 2.45) is 0 Å². The first-order valence-electron chi connectivity index (χ1n) is 9.92. The first-order chi connectivity index (χ1) is 15.0. The molecule has 1 atom stereocenters. The van der Waals surface area contributed by atoms with Gasteiger partial charge in [0.15, 0.2) is 11.4 Å². The van der Waals surface area contributed by atoms with Crippen LogP contribution in [-0.4, -0.2) is 83.6 Å². The lowest BCUT2D eigenvalue weighted by atomic mass is 10.3. The van der Waals surface area contributed by atoms with Crippen LogP contribution < -0.4 is 4.90 Å². The maximum Gasteiger partial charge on any atom is 0.412 e. The Bertz CT molecular complexity index is 1090. The van der Waals surface area contributed by atoms with E-state index in [9.17, 15) is 9.59 Å². The van der Waals surface area contributed by atoms with Crippen LogP contribution in [0.1, 0.15) is 0 Å². The normalized spacial score (nSPS) is 22.0. The largest absolute Gasteiger partial charge is 0.486 e. The highest BCUT2D eigenvalue weighted by Gasteiger charge is 2.47. The number of likely N-dealkylation sites (N-methyl/N-ethyl adjacent to an activating group) is 1. The molecule has 0 saturated carbocycles. The Labute approximate surface area is 187 Å². The number of thioether (sulfide) groups is 1. The first kappa shape index (κ1) is 20.3. The summed E-state index contributed by atoms with van der Waals surface area (Å²) >= 11 is 7.47. The molecule has 0 N–H and O–H groups in total. The molecule has 3 aliphatic rings. The Balaban J connectivity index is 1.47. The lowest BCUT2D eigenvalue weighted by Crippen LogP contribution is -2.49. The number of hydrogen-bond acceptors (Lipinski definition) is 8. The number of fused-ring (bicyclic) bond motifs is 1. The third-order valence-corrected chi connectivity index (χ3v) is 6.69. The van der Waals surface area contributed by atoms with Crippen LogP contribution >= 0.6 is 23.4 Å². The van der Waals surface area contributed by atoms with Gasteiger partial charge in [0.1, 0.15) is 11.0 Å². The minimum Gasteiger partial charge on any atom is -0.486 e. The van der Waals surface area contributed by atoms with Crippen molar-refractivity contribution in [3.05, 3.63) is 40.1 Å². The highest BCUT2D eigenvalue weighted by atomic mass is 35.5. The minimum absolute atomic E-state index is 0.216. The molecule has 2 amide bonds. The number of pyridine rings is 2. The van der Waals surface area contributed by atoms with E-state index in [4.69, 9.17) is 21.1 Å². The number of amides is 2. The number of anilines is 1. The molecular weight excluding hydrogens is 442 g/mol. The predicted octanol–water partition coefficient (Wildman–Crippen LogP) is 2.31. The molecule has 2 aromatic heterocycles. The average molecular weight is 462 g/mol. The van der Waals surface area contributed by atoms with E-state index < -0.39 is 12.3 Å². The molecule has 5 heterocycles. The molecule has 0 radical (unpaired) electrons. The number of halogens is 1. The fourth-order valence-electron chi connectivity index (χ4n) is 3.71. The van der Waals surface area contributed by atoms with E-state index in [2.05, 4.69) is 14.9 Å². The second-order valence-electron chi connectivity index (χ2n) is 7.44. The van der Waals surface area contributed by atoms with Crippen LogP contribution in [0.3, 0.4) is 0 Å². The van der Waals surface area contributed by atoms with Crippen LogP contribution in [0.2, 0.25) is 5.15 Å². The van der Waals surface area contributed by atoms with Gasteiger partial charge in [-0.05, 0) is 31.3 Å². The van der Waals surface area contributed by atoms with Gasteiger partial charge in [-0.2, -0.15) is 0 Å². The summed E-state index contributed by atoms with van der Waals surface area (Å²) in [6.07, 6.45) is -1.39. The van der Waals surface area contributed by atoms with Crippen molar-refractivity contribution in [2.75, 3.05) is 50.5 Å². The van der Waals surface area contributed by atoms with E-state index in [1.54, 1.807) is 29.2 Å². The highest BCUT2D eigenvalue weighted by Crippen LogP contribution is 2.40. The van der Waals surface area contributed by atoms with Gasteiger partial charge in [-0.1, -0.05) is 11.6 Å². The molecule has 3 aliphatic heterocycles. The quantitative estimate of drug-likeness (QED) is 0.629. The second-order valence-corrected chi connectivity index (χ2v) is 8.97. The minimum atomic E-state index is -0.927. The van der Waals surface area contributed by atoms with Crippen molar-refractivity contribution in [3.8, 4) is 0 Å². The zero-order chi connectivity index (χ0) is 21.5. The maximum atomic E-state index is 13.2. The van der Waals surface area contributed by atoms with E-state index in [1.807, 2.05) is 7.05 Å². The van der Waals surface area contributed by atoms with Crippen LogP contribution in [0, 0.1) is 0 Å². The molecule has 0 aliphatic carbocycles. The first-order valence-corrected chi connectivity index (χ1v) is 11.3. The number of ether oxygens (including phenoxy) is 2. The number of rotatable bonds is 2. The monoisotopic (exact) mass is 461 g/mol. The molecule has 1 saturated heterocycles. The van der Waals surface area contributed by atoms with Gasteiger partial charge in [0.25, 0.3) is 5.91 Å². The fourth-order valence-corrected chi connectivity index (χ4v) is 4.81. The molecule has 0 bridgehead atoms. The van der Waals surface area contributed by atoms with Crippen molar-refractivity contribution in [3.63, 3.8) is 0 Å². The van der Waals surface area contributed by atoms with Gasteiger partial charge in [-0.25, -0.2) is 19.7 Å². The van der Waals surface area contributed by atoms with E-state index in [1.165, 1.54) is 16.7 Å². The van der Waals surface area contributed by atoms with Gasteiger partial charge in [-0.15, -0.1) is 11.8 Å². The number of nitrogens with zero attached hydrogens (tertiary/aromatic N) is 5. The van der Waals surface area contributed by atoms with Gasteiger partial charge in [0, 0.05) is 37.3 Å². The van der Waals surface area contributed by atoms with Crippen LogP contribution in [-0.2, 0) is 14.3 Å². The molecule has 31 heavy (non-hydrogen) atoms. The molecule has 11 heteroatoms. The molecule has 1 unspecified atom stereocenters. The van der Waals surface area contributed by atoms with Crippen LogP contribution in [0.25, 0.3) is 11.0 Å². The van der Waals surface area contributed by atoms with E-state index in [-0.39, 0.29) is 11.7 Å².